The maximum absolute atomic E-state index is 12.5. The van der Waals surface area contributed by atoms with Crippen molar-refractivity contribution in [2.24, 2.45) is 0 Å². The van der Waals surface area contributed by atoms with E-state index >= 15 is 0 Å². The predicted molar refractivity (Wildman–Crippen MR) is 82.1 cm³/mol. The van der Waals surface area contributed by atoms with Crippen LogP contribution in [0.4, 0.5) is 18.0 Å². The number of urea groups is 1. The minimum absolute atomic E-state index is 0.0596. The van der Waals surface area contributed by atoms with Gasteiger partial charge in [-0.15, -0.1) is 0 Å². The fourth-order valence-electron chi connectivity index (χ4n) is 2.09. The molecule has 0 aromatic heterocycles. The first-order valence-corrected chi connectivity index (χ1v) is 7.50. The number of rotatable bonds is 6. The maximum atomic E-state index is 12.5. The van der Waals surface area contributed by atoms with Crippen molar-refractivity contribution in [3.05, 3.63) is 35.4 Å². The summed E-state index contributed by atoms with van der Waals surface area (Å²) >= 11 is 0. The van der Waals surface area contributed by atoms with Gasteiger partial charge in [-0.05, 0) is 44.9 Å². The Morgan fingerprint density at radius 3 is 2.22 bits per heavy atom. The molecule has 0 heterocycles. The van der Waals surface area contributed by atoms with E-state index in [-0.39, 0.29) is 18.6 Å². The minimum Gasteiger partial charge on any atom is -0.392 e. The number of nitrogens with zero attached hydrogens (tertiary/aromatic N) is 1. The third kappa shape index (κ3) is 6.48. The second-order valence-corrected chi connectivity index (χ2v) is 5.77. The van der Waals surface area contributed by atoms with Gasteiger partial charge in [0.05, 0.1) is 11.7 Å². The largest absolute Gasteiger partial charge is 0.416 e. The Bertz CT molecular complexity index is 499. The highest BCUT2D eigenvalue weighted by molar-refractivity contribution is 5.74. The molecule has 2 amide bonds. The van der Waals surface area contributed by atoms with Crippen molar-refractivity contribution in [1.29, 1.82) is 0 Å². The molecular formula is C16H23F3N2O2. The molecule has 1 aromatic carbocycles. The number of carbonyl (C=O) groups excluding carboxylic acids is 1. The van der Waals surface area contributed by atoms with E-state index in [0.717, 1.165) is 12.1 Å². The lowest BCUT2D eigenvalue weighted by atomic mass is 10.1. The smallest absolute Gasteiger partial charge is 0.392 e. The number of amides is 2. The lowest BCUT2D eigenvalue weighted by molar-refractivity contribution is -0.137. The van der Waals surface area contributed by atoms with Crippen LogP contribution in [0.1, 0.15) is 31.9 Å². The van der Waals surface area contributed by atoms with E-state index in [1.165, 1.54) is 17.0 Å². The first kappa shape index (κ1) is 19.3. The van der Waals surface area contributed by atoms with Crippen molar-refractivity contribution in [3.63, 3.8) is 0 Å². The highest BCUT2D eigenvalue weighted by atomic mass is 19.4. The molecule has 0 saturated carbocycles. The summed E-state index contributed by atoms with van der Waals surface area (Å²) in [5.41, 5.74) is 0.0260. The summed E-state index contributed by atoms with van der Waals surface area (Å²) in [6.07, 6.45) is -4.53. The first-order chi connectivity index (χ1) is 10.6. The molecule has 1 rings (SSSR count). The van der Waals surface area contributed by atoms with Crippen molar-refractivity contribution in [3.8, 4) is 0 Å². The Balaban J connectivity index is 2.51. The fourth-order valence-corrected chi connectivity index (χ4v) is 2.09. The number of aliphatic hydroxyl groups excluding tert-OH is 1. The van der Waals surface area contributed by atoms with Gasteiger partial charge in [0.2, 0.25) is 0 Å². The zero-order valence-corrected chi connectivity index (χ0v) is 13.5. The number of carbonyl (C=O) groups is 1. The predicted octanol–water partition coefficient (Wildman–Crippen LogP) is 3.05. The van der Waals surface area contributed by atoms with Crippen LogP contribution in [0.3, 0.4) is 0 Å². The minimum atomic E-state index is -4.34. The Morgan fingerprint density at radius 1 is 1.22 bits per heavy atom. The van der Waals surface area contributed by atoms with Gasteiger partial charge in [0.1, 0.15) is 0 Å². The molecule has 2 N–H and O–H groups in total. The number of hydrogen-bond acceptors (Lipinski definition) is 2. The lowest BCUT2D eigenvalue weighted by Crippen LogP contribution is -2.47. The SMILES string of the molecule is CC(O)CN(C(=O)NCCc1ccc(C(F)(F)F)cc1)C(C)C. The molecule has 1 aromatic rings. The van der Waals surface area contributed by atoms with Gasteiger partial charge in [0.15, 0.2) is 0 Å². The fraction of sp³-hybridized carbons (Fsp3) is 0.562. The summed E-state index contributed by atoms with van der Waals surface area (Å²) in [5, 5.41) is 12.1. The highest BCUT2D eigenvalue weighted by Gasteiger charge is 2.29. The summed E-state index contributed by atoms with van der Waals surface area (Å²) in [6.45, 7) is 5.83. The molecule has 130 valence electrons. The average molecular weight is 332 g/mol. The molecule has 0 spiro atoms. The monoisotopic (exact) mass is 332 g/mol. The average Bonchev–Trinajstić information content (AvgIpc) is 2.43. The summed E-state index contributed by atoms with van der Waals surface area (Å²) in [5.74, 6) is 0. The molecule has 1 unspecified atom stereocenters. The van der Waals surface area contributed by atoms with Gasteiger partial charge in [-0.1, -0.05) is 12.1 Å². The van der Waals surface area contributed by atoms with Gasteiger partial charge in [0.25, 0.3) is 0 Å². The number of alkyl halides is 3. The van der Waals surface area contributed by atoms with Crippen LogP contribution in [0.5, 0.6) is 0 Å². The Hall–Kier alpha value is -1.76. The van der Waals surface area contributed by atoms with Crippen LogP contribution in [0, 0.1) is 0 Å². The van der Waals surface area contributed by atoms with E-state index in [0.29, 0.717) is 18.5 Å². The highest BCUT2D eigenvalue weighted by Crippen LogP contribution is 2.29. The summed E-state index contributed by atoms with van der Waals surface area (Å²) in [4.78, 5) is 13.6. The molecule has 0 aliphatic carbocycles. The Morgan fingerprint density at radius 2 is 1.78 bits per heavy atom. The van der Waals surface area contributed by atoms with E-state index in [4.69, 9.17) is 0 Å². The van der Waals surface area contributed by atoms with Crippen molar-refractivity contribution >= 4 is 6.03 Å². The van der Waals surface area contributed by atoms with E-state index in [1.54, 1.807) is 6.92 Å². The van der Waals surface area contributed by atoms with Gasteiger partial charge in [-0.3, -0.25) is 0 Å². The van der Waals surface area contributed by atoms with Crippen molar-refractivity contribution in [2.75, 3.05) is 13.1 Å². The van der Waals surface area contributed by atoms with Crippen LogP contribution in [0.25, 0.3) is 0 Å². The second-order valence-electron chi connectivity index (χ2n) is 5.77. The third-order valence-corrected chi connectivity index (χ3v) is 3.32. The zero-order valence-electron chi connectivity index (χ0n) is 13.5. The van der Waals surface area contributed by atoms with Gasteiger partial charge in [0, 0.05) is 19.1 Å². The lowest BCUT2D eigenvalue weighted by Gasteiger charge is -2.28. The van der Waals surface area contributed by atoms with E-state index in [9.17, 15) is 23.1 Å². The number of benzene rings is 1. The zero-order chi connectivity index (χ0) is 17.6. The summed E-state index contributed by atoms with van der Waals surface area (Å²) in [7, 11) is 0. The molecule has 0 bridgehead atoms. The molecule has 0 fully saturated rings. The normalized spacial score (nSPS) is 13.0. The molecule has 7 heteroatoms. The van der Waals surface area contributed by atoms with Crippen LogP contribution in [0.15, 0.2) is 24.3 Å². The number of halogens is 3. The van der Waals surface area contributed by atoms with Gasteiger partial charge >= 0.3 is 12.2 Å². The molecular weight excluding hydrogens is 309 g/mol. The molecule has 0 radical (unpaired) electrons. The van der Waals surface area contributed by atoms with Crippen LogP contribution in [-0.4, -0.2) is 41.3 Å². The third-order valence-electron chi connectivity index (χ3n) is 3.32. The van der Waals surface area contributed by atoms with E-state index < -0.39 is 17.8 Å². The Labute approximate surface area is 134 Å². The van der Waals surface area contributed by atoms with Crippen LogP contribution in [-0.2, 0) is 12.6 Å². The van der Waals surface area contributed by atoms with Gasteiger partial charge in [-0.25, -0.2) is 4.79 Å². The standard InChI is InChI=1S/C16H23F3N2O2/c1-11(2)21(10-12(3)22)15(23)20-9-8-13-4-6-14(7-5-13)16(17,18)19/h4-7,11-12,22H,8-10H2,1-3H3,(H,20,23). The first-order valence-electron chi connectivity index (χ1n) is 7.50. The maximum Gasteiger partial charge on any atom is 0.416 e. The summed E-state index contributed by atoms with van der Waals surface area (Å²) < 4.78 is 37.4. The van der Waals surface area contributed by atoms with E-state index in [2.05, 4.69) is 5.32 Å². The van der Waals surface area contributed by atoms with Crippen LogP contribution >= 0.6 is 0 Å². The van der Waals surface area contributed by atoms with Crippen molar-refractivity contribution in [2.45, 2.75) is 45.5 Å². The van der Waals surface area contributed by atoms with E-state index in [1.807, 2.05) is 13.8 Å². The quantitative estimate of drug-likeness (QED) is 0.841. The number of nitrogens with one attached hydrogen (secondary N) is 1. The molecule has 4 nitrogen and oxygen atoms in total. The van der Waals surface area contributed by atoms with Gasteiger partial charge < -0.3 is 15.3 Å². The van der Waals surface area contributed by atoms with Gasteiger partial charge in [-0.2, -0.15) is 13.2 Å². The molecule has 1 atom stereocenters. The number of hydrogen-bond donors (Lipinski definition) is 2. The molecule has 0 saturated heterocycles. The second kappa shape index (κ2) is 8.19. The van der Waals surface area contributed by atoms with Crippen molar-refractivity contribution < 1.29 is 23.1 Å². The molecule has 0 aliphatic rings. The topological polar surface area (TPSA) is 52.6 Å². The van der Waals surface area contributed by atoms with Crippen LogP contribution < -0.4 is 5.32 Å². The van der Waals surface area contributed by atoms with Crippen LogP contribution in [0.2, 0.25) is 0 Å². The van der Waals surface area contributed by atoms with Crippen molar-refractivity contribution in [1.82, 2.24) is 10.2 Å². The molecule has 23 heavy (non-hydrogen) atoms. The molecule has 0 aliphatic heterocycles. The summed E-state index contributed by atoms with van der Waals surface area (Å²) in [6, 6.07) is 4.52. The number of aliphatic hydroxyl groups is 1. The Kier molecular flexibility index (Phi) is 6.87.